The summed E-state index contributed by atoms with van der Waals surface area (Å²) in [6, 6.07) is 1.43. The second kappa shape index (κ2) is 6.39. The van der Waals surface area contributed by atoms with Crippen LogP contribution in [-0.2, 0) is 14.2 Å². The maximum Gasteiger partial charge on any atom is 0.196 e. The normalized spacial score (nSPS) is 32.1. The topological polar surface area (TPSA) is 112 Å². The Hall–Kier alpha value is -3.46. The summed E-state index contributed by atoms with van der Waals surface area (Å²) in [6.07, 6.45) is -3.12. The fourth-order valence-corrected chi connectivity index (χ4v) is 8.23. The Kier molecular flexibility index (Phi) is 3.61. The number of rotatable bonds is 0. The molecule has 2 N–H and O–H groups in total. The van der Waals surface area contributed by atoms with E-state index in [-0.39, 0.29) is 51.6 Å². The number of aliphatic hydroxyl groups is 1. The molecular weight excluding hydrogens is 488 g/mol. The van der Waals surface area contributed by atoms with Gasteiger partial charge in [-0.25, -0.2) is 0 Å². The second-order valence-corrected chi connectivity index (χ2v) is 11.4. The van der Waals surface area contributed by atoms with E-state index in [1.54, 1.807) is 0 Å². The number of hydrogen-bond donors (Lipinski definition) is 2. The zero-order chi connectivity index (χ0) is 26.1. The molecule has 0 saturated heterocycles. The minimum absolute atomic E-state index is 0.00597. The molecule has 1 aliphatic carbocycles. The van der Waals surface area contributed by atoms with Crippen molar-refractivity contribution in [1.82, 2.24) is 0 Å². The molecule has 0 unspecified atom stereocenters. The highest BCUT2D eigenvalue weighted by atomic mass is 16.6. The van der Waals surface area contributed by atoms with Gasteiger partial charge in [-0.2, -0.15) is 0 Å². The number of phenols is 1. The molecule has 38 heavy (non-hydrogen) atoms. The van der Waals surface area contributed by atoms with Crippen molar-refractivity contribution < 1.29 is 29.2 Å². The van der Waals surface area contributed by atoms with Crippen LogP contribution >= 0.6 is 0 Å². The summed E-state index contributed by atoms with van der Waals surface area (Å²) in [4.78, 5) is 27.7. The van der Waals surface area contributed by atoms with E-state index in [1.807, 2.05) is 27.7 Å². The standard InChI is InChI=1S/C30H24O8/c1-7-15-25-23-19-13(37-29(25)9(3)35-7)6-12(32)18-22(19)24-20-14(5-11(31)17(21(20)23)27(15)33)38-30-10(4)36-8(2)16(26(24)30)28(18)34/h5,7-10,13,29-30,32-33H,6H2,1-4H3/t7-,8-,9-,10-,13-,29+,30-/m1/s1. The Morgan fingerprint density at radius 3 is 2.16 bits per heavy atom. The van der Waals surface area contributed by atoms with Crippen LogP contribution in [0.4, 0.5) is 0 Å². The van der Waals surface area contributed by atoms with Crippen molar-refractivity contribution >= 4 is 38.1 Å². The zero-order valence-electron chi connectivity index (χ0n) is 21.2. The van der Waals surface area contributed by atoms with Gasteiger partial charge in [0.2, 0.25) is 0 Å². The van der Waals surface area contributed by atoms with Crippen LogP contribution in [0.1, 0.15) is 92.5 Å². The van der Waals surface area contributed by atoms with Gasteiger partial charge < -0.3 is 29.2 Å². The van der Waals surface area contributed by atoms with E-state index >= 15 is 0 Å². The van der Waals surface area contributed by atoms with E-state index in [4.69, 9.17) is 18.9 Å². The number of aromatic hydroxyl groups is 1. The zero-order valence-corrected chi connectivity index (χ0v) is 21.2. The minimum Gasteiger partial charge on any atom is -0.511 e. The van der Waals surface area contributed by atoms with E-state index in [1.165, 1.54) is 6.07 Å². The predicted octanol–water partition coefficient (Wildman–Crippen LogP) is 4.30. The lowest BCUT2D eigenvalue weighted by Crippen LogP contribution is -2.44. The Labute approximate surface area is 215 Å². The van der Waals surface area contributed by atoms with Crippen LogP contribution in [-0.4, -0.2) is 22.4 Å². The summed E-state index contributed by atoms with van der Waals surface area (Å²) in [5, 5.41) is 27.1. The number of aliphatic hydroxyl groups excluding tert-OH is 1. The molecule has 4 heterocycles. The van der Waals surface area contributed by atoms with Crippen LogP contribution in [0.15, 0.2) is 15.7 Å². The fraction of sp³-hybridized carbons (Fsp3) is 0.400. The van der Waals surface area contributed by atoms with Crippen LogP contribution in [0.3, 0.4) is 0 Å². The molecule has 0 aromatic heterocycles. The maximum absolute atomic E-state index is 14.1. The minimum atomic E-state index is -0.583. The highest BCUT2D eigenvalue weighted by molar-refractivity contribution is 6.29. The largest absolute Gasteiger partial charge is 0.511 e. The average Bonchev–Trinajstić information content (AvgIpc) is 2.85. The predicted molar refractivity (Wildman–Crippen MR) is 138 cm³/mol. The fourth-order valence-electron chi connectivity index (χ4n) is 8.23. The molecule has 0 radical (unpaired) electrons. The molecular formula is C30H24O8. The van der Waals surface area contributed by atoms with Crippen LogP contribution < -0.4 is 20.8 Å². The van der Waals surface area contributed by atoms with Crippen LogP contribution in [0.5, 0.6) is 11.5 Å². The first-order valence-corrected chi connectivity index (χ1v) is 13.2. The first kappa shape index (κ1) is 21.5. The lowest BCUT2D eigenvalue weighted by Gasteiger charge is -2.45. The third-order valence-electron chi connectivity index (χ3n) is 9.50. The molecule has 7 atom stereocenters. The Morgan fingerprint density at radius 1 is 0.711 bits per heavy atom. The van der Waals surface area contributed by atoms with Gasteiger partial charge in [0, 0.05) is 56.3 Å². The Morgan fingerprint density at radius 2 is 1.39 bits per heavy atom. The van der Waals surface area contributed by atoms with Gasteiger partial charge in [0.1, 0.15) is 23.4 Å². The Balaban J connectivity index is 1.69. The van der Waals surface area contributed by atoms with Crippen LogP contribution in [0.25, 0.3) is 38.1 Å². The van der Waals surface area contributed by atoms with Gasteiger partial charge in [-0.3, -0.25) is 9.59 Å². The maximum atomic E-state index is 14.1. The lowest BCUT2D eigenvalue weighted by molar-refractivity contribution is -0.135. The number of benzene rings is 4. The molecule has 8 heteroatoms. The van der Waals surface area contributed by atoms with Crippen molar-refractivity contribution in [1.29, 1.82) is 0 Å². The molecule has 0 amide bonds. The molecule has 192 valence electrons. The highest BCUT2D eigenvalue weighted by Crippen LogP contribution is 2.60. The molecule has 4 aromatic rings. The average molecular weight is 513 g/mol. The second-order valence-electron chi connectivity index (χ2n) is 11.4. The van der Waals surface area contributed by atoms with Crippen molar-refractivity contribution in [2.24, 2.45) is 0 Å². The lowest BCUT2D eigenvalue weighted by atomic mass is 9.72. The summed E-state index contributed by atoms with van der Waals surface area (Å²) >= 11 is 0. The summed E-state index contributed by atoms with van der Waals surface area (Å²) in [5.74, 6) is 0.312. The van der Waals surface area contributed by atoms with E-state index < -0.39 is 30.5 Å². The third kappa shape index (κ3) is 2.09. The SMILES string of the molecule is C[C@H]1O[C@H](C)[C@@H]2O[C@@H]3CC(O)=c4c(=O)c5c6c7c4c3c3c2c1c(O)c1c(=O)cc(c7c31)O[C@@H]6[C@@H](C)O[C@@H]5C. The first-order valence-electron chi connectivity index (χ1n) is 13.2. The molecule has 0 saturated carbocycles. The van der Waals surface area contributed by atoms with Crippen molar-refractivity contribution in [3.63, 3.8) is 0 Å². The molecule has 0 spiro atoms. The molecule has 4 aliphatic heterocycles. The smallest absolute Gasteiger partial charge is 0.196 e. The molecule has 0 bridgehead atoms. The van der Waals surface area contributed by atoms with E-state index in [9.17, 15) is 19.8 Å². The number of hydrogen-bond acceptors (Lipinski definition) is 8. The van der Waals surface area contributed by atoms with Gasteiger partial charge >= 0.3 is 0 Å². The number of ether oxygens (including phenoxy) is 4. The van der Waals surface area contributed by atoms with Crippen molar-refractivity contribution in [3.8, 4) is 11.5 Å². The molecule has 9 rings (SSSR count). The van der Waals surface area contributed by atoms with Gasteiger partial charge in [0.05, 0.1) is 41.1 Å². The summed E-state index contributed by atoms with van der Waals surface area (Å²) in [6.45, 7) is 7.54. The van der Waals surface area contributed by atoms with Gasteiger partial charge in [0.25, 0.3) is 0 Å². The molecule has 0 fully saturated rings. The van der Waals surface area contributed by atoms with Crippen molar-refractivity contribution in [2.45, 2.75) is 76.8 Å². The van der Waals surface area contributed by atoms with Crippen molar-refractivity contribution in [2.75, 3.05) is 0 Å². The molecule has 4 aromatic carbocycles. The third-order valence-corrected chi connectivity index (χ3v) is 9.50. The summed E-state index contributed by atoms with van der Waals surface area (Å²) in [5.41, 5.74) is 2.80. The quantitative estimate of drug-likeness (QED) is 0.265. The molecule has 8 nitrogen and oxygen atoms in total. The van der Waals surface area contributed by atoms with Gasteiger partial charge in [-0.15, -0.1) is 0 Å². The van der Waals surface area contributed by atoms with Crippen molar-refractivity contribution in [3.05, 3.63) is 59.5 Å². The van der Waals surface area contributed by atoms with Gasteiger partial charge in [0.15, 0.2) is 17.0 Å². The van der Waals surface area contributed by atoms with E-state index in [0.717, 1.165) is 27.5 Å². The highest BCUT2D eigenvalue weighted by Gasteiger charge is 2.48. The van der Waals surface area contributed by atoms with Crippen LogP contribution in [0, 0.1) is 0 Å². The Bertz CT molecular complexity index is 2010. The monoisotopic (exact) mass is 512 g/mol. The first-order chi connectivity index (χ1) is 18.2. The molecule has 5 aliphatic rings. The van der Waals surface area contributed by atoms with E-state index in [0.29, 0.717) is 33.0 Å². The summed E-state index contributed by atoms with van der Waals surface area (Å²) in [7, 11) is 0. The summed E-state index contributed by atoms with van der Waals surface area (Å²) < 4.78 is 25.4. The van der Waals surface area contributed by atoms with Gasteiger partial charge in [-0.05, 0) is 38.6 Å². The van der Waals surface area contributed by atoms with Gasteiger partial charge in [-0.1, -0.05) is 0 Å². The van der Waals surface area contributed by atoms with Crippen LogP contribution in [0.2, 0.25) is 0 Å². The van der Waals surface area contributed by atoms with E-state index in [2.05, 4.69) is 0 Å². The number of phenolic OH excluding ortho intramolecular Hbond substituents is 1.